The molecule has 2 aromatic rings. The summed E-state index contributed by atoms with van der Waals surface area (Å²) in [6, 6.07) is 7.93. The molecule has 0 amide bonds. The van der Waals surface area contributed by atoms with Crippen LogP contribution < -0.4 is 17.0 Å². The zero-order valence-electron chi connectivity index (χ0n) is 14.5. The highest BCUT2D eigenvalue weighted by molar-refractivity contribution is 8.01. The van der Waals surface area contributed by atoms with Crippen molar-refractivity contribution in [2.75, 3.05) is 5.75 Å². The lowest BCUT2D eigenvalue weighted by Crippen LogP contribution is -3.00. The third kappa shape index (κ3) is 4.44. The second kappa shape index (κ2) is 8.18. The van der Waals surface area contributed by atoms with E-state index in [0.29, 0.717) is 12.3 Å². The molecule has 1 aromatic heterocycles. The van der Waals surface area contributed by atoms with Crippen LogP contribution in [0.25, 0.3) is 10.2 Å². The molecule has 0 N–H and O–H groups in total. The van der Waals surface area contributed by atoms with E-state index < -0.39 is 5.60 Å². The number of thiazole rings is 1. The molecule has 0 radical (unpaired) electrons. The van der Waals surface area contributed by atoms with E-state index in [-0.39, 0.29) is 40.4 Å². The van der Waals surface area contributed by atoms with Gasteiger partial charge in [-0.3, -0.25) is 9.59 Å². The number of ether oxygens (including phenoxy) is 1. The standard InChI is InChI=1S/C18H21NO3S2.BrH/c1-11(2)8-12-9-16(21)22-18(12,3)15(20)10-23-17-19-13-6-4-5-7-14(13)24-17;/h4-7,11-12H,8-10H2,1-3H3;1H/p-1. The summed E-state index contributed by atoms with van der Waals surface area (Å²) in [6.07, 6.45) is 1.16. The highest BCUT2D eigenvalue weighted by atomic mass is 79.9. The third-order valence-corrected chi connectivity index (χ3v) is 6.61. The molecule has 0 spiro atoms. The van der Waals surface area contributed by atoms with Crippen molar-refractivity contribution in [1.82, 2.24) is 4.98 Å². The van der Waals surface area contributed by atoms with E-state index >= 15 is 0 Å². The fourth-order valence-electron chi connectivity index (χ4n) is 3.10. The van der Waals surface area contributed by atoms with Crippen molar-refractivity contribution in [2.24, 2.45) is 11.8 Å². The molecule has 0 bridgehead atoms. The van der Waals surface area contributed by atoms with Gasteiger partial charge < -0.3 is 21.7 Å². The number of rotatable bonds is 6. The van der Waals surface area contributed by atoms with Crippen LogP contribution in [0.4, 0.5) is 0 Å². The van der Waals surface area contributed by atoms with Crippen LogP contribution in [0.2, 0.25) is 0 Å². The molecule has 1 aliphatic rings. The highest BCUT2D eigenvalue weighted by Crippen LogP contribution is 2.39. The van der Waals surface area contributed by atoms with Gasteiger partial charge in [-0.2, -0.15) is 0 Å². The van der Waals surface area contributed by atoms with Crippen LogP contribution in [-0.4, -0.2) is 28.1 Å². The van der Waals surface area contributed by atoms with Gasteiger partial charge in [-0.15, -0.1) is 11.3 Å². The molecule has 2 atom stereocenters. The van der Waals surface area contributed by atoms with Gasteiger partial charge in [0.1, 0.15) is 0 Å². The smallest absolute Gasteiger partial charge is 0.307 e. The minimum absolute atomic E-state index is 0. The number of nitrogens with zero attached hydrogens (tertiary/aromatic N) is 1. The molecule has 1 fully saturated rings. The fraction of sp³-hybridized carbons (Fsp3) is 0.500. The minimum atomic E-state index is -0.995. The molecule has 7 heteroatoms. The van der Waals surface area contributed by atoms with Crippen LogP contribution in [0.15, 0.2) is 28.6 Å². The predicted octanol–water partition coefficient (Wildman–Crippen LogP) is 1.33. The Morgan fingerprint density at radius 1 is 1.44 bits per heavy atom. The Morgan fingerprint density at radius 3 is 2.84 bits per heavy atom. The van der Waals surface area contributed by atoms with Gasteiger partial charge in [0.2, 0.25) is 0 Å². The van der Waals surface area contributed by atoms with Crippen LogP contribution in [0.5, 0.6) is 0 Å². The number of benzene rings is 1. The Bertz CT molecular complexity index is 744. The van der Waals surface area contributed by atoms with E-state index in [2.05, 4.69) is 18.8 Å². The number of thioether (sulfide) groups is 1. The van der Waals surface area contributed by atoms with Gasteiger partial charge in [0.15, 0.2) is 15.7 Å². The SMILES string of the molecule is CC(C)CC1CC(=O)OC1(C)C(=O)CSc1nc2ccccc2s1.[Br-]. The van der Waals surface area contributed by atoms with E-state index in [4.69, 9.17) is 4.74 Å². The van der Waals surface area contributed by atoms with Crippen molar-refractivity contribution >= 4 is 45.1 Å². The molecule has 2 unspecified atom stereocenters. The Labute approximate surface area is 166 Å². The van der Waals surface area contributed by atoms with Crippen molar-refractivity contribution in [3.05, 3.63) is 24.3 Å². The molecule has 2 heterocycles. The lowest BCUT2D eigenvalue weighted by atomic mass is 9.80. The van der Waals surface area contributed by atoms with Gasteiger partial charge in [0, 0.05) is 5.92 Å². The number of esters is 1. The Hall–Kier alpha value is -0.920. The summed E-state index contributed by atoms with van der Waals surface area (Å²) >= 11 is 3.01. The van der Waals surface area contributed by atoms with Gasteiger partial charge >= 0.3 is 5.97 Å². The number of hydrogen-bond donors (Lipinski definition) is 0. The minimum Gasteiger partial charge on any atom is -1.00 e. The maximum absolute atomic E-state index is 12.8. The van der Waals surface area contributed by atoms with E-state index in [9.17, 15) is 9.59 Å². The van der Waals surface area contributed by atoms with Gasteiger partial charge in [0.05, 0.1) is 22.4 Å². The topological polar surface area (TPSA) is 56.3 Å². The quantitative estimate of drug-likeness (QED) is 0.498. The van der Waals surface area contributed by atoms with Gasteiger partial charge in [0.25, 0.3) is 0 Å². The molecule has 0 saturated carbocycles. The summed E-state index contributed by atoms with van der Waals surface area (Å²) in [5.74, 6) is 0.379. The van der Waals surface area contributed by atoms with Crippen molar-refractivity contribution < 1.29 is 31.3 Å². The Balaban J connectivity index is 0.00000225. The molecular formula is C18H21BrNO3S2-. The lowest BCUT2D eigenvalue weighted by molar-refractivity contribution is -0.156. The zero-order chi connectivity index (χ0) is 17.3. The first kappa shape index (κ1) is 20.4. The van der Waals surface area contributed by atoms with Gasteiger partial charge in [-0.1, -0.05) is 37.7 Å². The molecule has 1 aliphatic heterocycles. The van der Waals surface area contributed by atoms with Gasteiger partial charge in [-0.05, 0) is 31.4 Å². The monoisotopic (exact) mass is 442 g/mol. The average molecular weight is 443 g/mol. The van der Waals surface area contributed by atoms with E-state index in [1.54, 1.807) is 18.3 Å². The maximum atomic E-state index is 12.8. The first-order chi connectivity index (χ1) is 11.4. The number of hydrogen-bond acceptors (Lipinski definition) is 6. The molecule has 25 heavy (non-hydrogen) atoms. The van der Waals surface area contributed by atoms with E-state index in [1.165, 1.54) is 11.8 Å². The van der Waals surface area contributed by atoms with Crippen molar-refractivity contribution in [2.45, 2.75) is 43.6 Å². The predicted molar refractivity (Wildman–Crippen MR) is 97.4 cm³/mol. The molecule has 1 saturated heterocycles. The molecule has 0 aliphatic carbocycles. The summed E-state index contributed by atoms with van der Waals surface area (Å²) in [7, 11) is 0. The fourth-order valence-corrected chi connectivity index (χ4v) is 5.19. The van der Waals surface area contributed by atoms with E-state index in [0.717, 1.165) is 21.0 Å². The number of halogens is 1. The van der Waals surface area contributed by atoms with Gasteiger partial charge in [-0.25, -0.2) is 4.98 Å². The van der Waals surface area contributed by atoms with Crippen molar-refractivity contribution in [3.8, 4) is 0 Å². The van der Waals surface area contributed by atoms with E-state index in [1.807, 2.05) is 24.3 Å². The molecule has 3 rings (SSSR count). The number of ketones is 1. The molecular weight excluding hydrogens is 422 g/mol. The zero-order valence-corrected chi connectivity index (χ0v) is 17.7. The second-order valence-corrected chi connectivity index (χ2v) is 9.02. The second-order valence-electron chi connectivity index (χ2n) is 6.77. The molecule has 4 nitrogen and oxygen atoms in total. The van der Waals surface area contributed by atoms with Crippen LogP contribution in [0.1, 0.15) is 33.6 Å². The average Bonchev–Trinajstić information content (AvgIpc) is 3.05. The number of para-hydroxylation sites is 1. The largest absolute Gasteiger partial charge is 1.00 e. The van der Waals surface area contributed by atoms with Crippen LogP contribution >= 0.6 is 23.1 Å². The Kier molecular flexibility index (Phi) is 6.68. The van der Waals surface area contributed by atoms with Crippen LogP contribution in [0.3, 0.4) is 0 Å². The first-order valence-corrected chi connectivity index (χ1v) is 9.92. The van der Waals surface area contributed by atoms with Crippen LogP contribution in [0, 0.1) is 11.8 Å². The number of fused-ring (bicyclic) bond motifs is 1. The summed E-state index contributed by atoms with van der Waals surface area (Å²) < 4.78 is 7.44. The number of aromatic nitrogens is 1. The molecule has 1 aromatic carbocycles. The van der Waals surface area contributed by atoms with Crippen LogP contribution in [-0.2, 0) is 14.3 Å². The Morgan fingerprint density at radius 2 is 2.16 bits per heavy atom. The third-order valence-electron chi connectivity index (χ3n) is 4.43. The summed E-state index contributed by atoms with van der Waals surface area (Å²) in [5.41, 5.74) is -0.0426. The highest BCUT2D eigenvalue weighted by Gasteiger charge is 2.50. The summed E-state index contributed by atoms with van der Waals surface area (Å²) in [5, 5.41) is 0. The number of carbonyl (C=O) groups excluding carboxylic acids is 2. The normalized spacial score (nSPS) is 22.9. The maximum Gasteiger partial charge on any atom is 0.307 e. The first-order valence-electron chi connectivity index (χ1n) is 8.12. The number of cyclic esters (lactones) is 1. The number of Topliss-reactive ketones (excluding diaryl/α,β-unsaturated/α-hetero) is 1. The van der Waals surface area contributed by atoms with Crippen molar-refractivity contribution in [3.63, 3.8) is 0 Å². The summed E-state index contributed by atoms with van der Waals surface area (Å²) in [6.45, 7) is 5.97. The lowest BCUT2D eigenvalue weighted by Gasteiger charge is -2.28. The molecule has 136 valence electrons. The summed E-state index contributed by atoms with van der Waals surface area (Å²) in [4.78, 5) is 29.1. The number of carbonyl (C=O) groups is 2. The van der Waals surface area contributed by atoms with Crippen molar-refractivity contribution in [1.29, 1.82) is 0 Å².